The SMILES string of the molecule is CC(=O)O/N=C(\Cc1ccccc1)C1CN(C)c2ccc3c(c21)C=CCC3. The van der Waals surface area contributed by atoms with Gasteiger partial charge in [-0.25, -0.2) is 4.79 Å². The van der Waals surface area contributed by atoms with Crippen LogP contribution in [0.3, 0.4) is 0 Å². The molecule has 4 nitrogen and oxygen atoms in total. The highest BCUT2D eigenvalue weighted by Crippen LogP contribution is 2.42. The Kier molecular flexibility index (Phi) is 4.80. The van der Waals surface area contributed by atoms with Crippen molar-refractivity contribution in [2.45, 2.75) is 32.1 Å². The number of aryl methyl sites for hydroxylation is 1. The molecule has 0 saturated heterocycles. The molecular weight excluding hydrogens is 336 g/mol. The lowest BCUT2D eigenvalue weighted by Crippen LogP contribution is -2.23. The molecule has 0 radical (unpaired) electrons. The second-order valence-corrected chi connectivity index (χ2v) is 7.27. The van der Waals surface area contributed by atoms with Crippen LogP contribution in [0, 0.1) is 0 Å². The zero-order valence-electron chi connectivity index (χ0n) is 15.8. The second-order valence-electron chi connectivity index (χ2n) is 7.27. The van der Waals surface area contributed by atoms with E-state index in [1.165, 1.54) is 34.9 Å². The summed E-state index contributed by atoms with van der Waals surface area (Å²) in [6.45, 7) is 2.23. The average molecular weight is 360 g/mol. The van der Waals surface area contributed by atoms with E-state index in [0.29, 0.717) is 6.42 Å². The Morgan fingerprint density at radius 3 is 2.81 bits per heavy atom. The standard InChI is InChI=1S/C23H24N2O2/c1-16(26)27-24-21(14-17-8-4-3-5-9-17)20-15-25(2)22-13-12-18-10-6-7-11-19(18)23(20)22/h3-5,7-9,11-13,20H,6,10,14-15H2,1-2H3/b24-21+. The van der Waals surface area contributed by atoms with Gasteiger partial charge in [-0.1, -0.05) is 53.7 Å². The third-order valence-corrected chi connectivity index (χ3v) is 5.36. The number of allylic oxidation sites excluding steroid dienone is 1. The maximum Gasteiger partial charge on any atom is 0.331 e. The molecule has 0 amide bonds. The Hall–Kier alpha value is -2.88. The zero-order chi connectivity index (χ0) is 18.8. The van der Waals surface area contributed by atoms with Gasteiger partial charge in [0.2, 0.25) is 0 Å². The maximum absolute atomic E-state index is 11.4. The van der Waals surface area contributed by atoms with Gasteiger partial charge in [0.1, 0.15) is 0 Å². The smallest absolute Gasteiger partial charge is 0.331 e. The van der Waals surface area contributed by atoms with Crippen molar-refractivity contribution in [2.75, 3.05) is 18.5 Å². The van der Waals surface area contributed by atoms with Crippen LogP contribution in [0.5, 0.6) is 0 Å². The summed E-state index contributed by atoms with van der Waals surface area (Å²) >= 11 is 0. The predicted molar refractivity (Wildman–Crippen MR) is 109 cm³/mol. The fourth-order valence-corrected chi connectivity index (χ4v) is 4.11. The maximum atomic E-state index is 11.4. The Morgan fingerprint density at radius 1 is 1.22 bits per heavy atom. The number of hydrogen-bond acceptors (Lipinski definition) is 4. The largest absolute Gasteiger partial charge is 0.373 e. The number of hydrogen-bond donors (Lipinski definition) is 0. The fraction of sp³-hybridized carbons (Fsp3) is 0.304. The van der Waals surface area contributed by atoms with E-state index in [-0.39, 0.29) is 11.9 Å². The lowest BCUT2D eigenvalue weighted by Gasteiger charge is -2.19. The number of anilines is 1. The van der Waals surface area contributed by atoms with E-state index in [2.05, 4.69) is 53.5 Å². The van der Waals surface area contributed by atoms with Crippen LogP contribution in [-0.2, 0) is 22.5 Å². The van der Waals surface area contributed by atoms with Gasteiger partial charge in [0.05, 0.1) is 5.71 Å². The molecule has 0 fully saturated rings. The van der Waals surface area contributed by atoms with E-state index >= 15 is 0 Å². The summed E-state index contributed by atoms with van der Waals surface area (Å²) in [5, 5.41) is 4.30. The molecule has 27 heavy (non-hydrogen) atoms. The minimum atomic E-state index is -0.387. The summed E-state index contributed by atoms with van der Waals surface area (Å²) < 4.78 is 0. The van der Waals surface area contributed by atoms with Gasteiger partial charge in [-0.3, -0.25) is 0 Å². The van der Waals surface area contributed by atoms with Gasteiger partial charge in [0.15, 0.2) is 0 Å². The van der Waals surface area contributed by atoms with Crippen LogP contribution in [0.25, 0.3) is 6.08 Å². The molecule has 2 aliphatic rings. The molecule has 0 spiro atoms. The van der Waals surface area contributed by atoms with Crippen molar-refractivity contribution in [3.05, 3.63) is 70.8 Å². The molecule has 4 rings (SSSR count). The number of likely N-dealkylation sites (N-methyl/N-ethyl adjacent to an activating group) is 1. The Labute approximate surface area is 160 Å². The van der Waals surface area contributed by atoms with Gasteiger partial charge in [-0.2, -0.15) is 0 Å². The highest BCUT2D eigenvalue weighted by atomic mass is 16.7. The first kappa shape index (κ1) is 17.5. The van der Waals surface area contributed by atoms with Crippen LogP contribution in [0.4, 0.5) is 5.69 Å². The predicted octanol–water partition coefficient (Wildman–Crippen LogP) is 4.34. The molecule has 1 atom stereocenters. The minimum Gasteiger partial charge on any atom is -0.373 e. The van der Waals surface area contributed by atoms with Crippen molar-refractivity contribution >= 4 is 23.4 Å². The van der Waals surface area contributed by atoms with E-state index in [9.17, 15) is 4.79 Å². The van der Waals surface area contributed by atoms with E-state index in [0.717, 1.165) is 25.1 Å². The van der Waals surface area contributed by atoms with Crippen molar-refractivity contribution in [3.8, 4) is 0 Å². The lowest BCUT2D eigenvalue weighted by atomic mass is 9.84. The first-order valence-electron chi connectivity index (χ1n) is 9.45. The normalized spacial score (nSPS) is 18.2. The van der Waals surface area contributed by atoms with Gasteiger partial charge < -0.3 is 9.74 Å². The van der Waals surface area contributed by atoms with Crippen molar-refractivity contribution in [2.24, 2.45) is 5.16 Å². The van der Waals surface area contributed by atoms with E-state index in [1.54, 1.807) is 0 Å². The number of rotatable bonds is 4. The number of carbonyl (C=O) groups is 1. The molecular formula is C23H24N2O2. The number of nitrogens with zero attached hydrogens (tertiary/aromatic N) is 2. The molecule has 4 heteroatoms. The van der Waals surface area contributed by atoms with Crippen molar-refractivity contribution in [1.29, 1.82) is 0 Å². The molecule has 1 heterocycles. The van der Waals surface area contributed by atoms with E-state index in [4.69, 9.17) is 4.84 Å². The summed E-state index contributed by atoms with van der Waals surface area (Å²) in [4.78, 5) is 18.8. The monoisotopic (exact) mass is 360 g/mol. The summed E-state index contributed by atoms with van der Waals surface area (Å²) in [7, 11) is 2.11. The fourth-order valence-electron chi connectivity index (χ4n) is 4.11. The Bertz CT molecular complexity index is 915. The number of benzene rings is 2. The second kappa shape index (κ2) is 7.39. The summed E-state index contributed by atoms with van der Waals surface area (Å²) in [6, 6.07) is 14.7. The highest BCUT2D eigenvalue weighted by Gasteiger charge is 2.34. The summed E-state index contributed by atoms with van der Waals surface area (Å²) in [5.74, 6) is -0.274. The molecule has 1 unspecified atom stereocenters. The van der Waals surface area contributed by atoms with E-state index < -0.39 is 0 Å². The van der Waals surface area contributed by atoms with Gasteiger partial charge in [-0.05, 0) is 41.2 Å². The molecule has 1 aliphatic heterocycles. The third kappa shape index (κ3) is 3.52. The van der Waals surface area contributed by atoms with Crippen molar-refractivity contribution in [3.63, 3.8) is 0 Å². The van der Waals surface area contributed by atoms with Crippen molar-refractivity contribution < 1.29 is 9.63 Å². The van der Waals surface area contributed by atoms with Crippen LogP contribution in [0.15, 0.2) is 53.7 Å². The molecule has 0 bridgehead atoms. The van der Waals surface area contributed by atoms with Crippen LogP contribution in [-0.4, -0.2) is 25.3 Å². The van der Waals surface area contributed by atoms with Gasteiger partial charge >= 0.3 is 5.97 Å². The molecule has 2 aromatic carbocycles. The first-order valence-corrected chi connectivity index (χ1v) is 9.45. The van der Waals surface area contributed by atoms with Crippen LogP contribution in [0.1, 0.15) is 41.5 Å². The first-order chi connectivity index (χ1) is 13.1. The zero-order valence-corrected chi connectivity index (χ0v) is 15.8. The quantitative estimate of drug-likeness (QED) is 0.463. The van der Waals surface area contributed by atoms with Gasteiger partial charge in [0, 0.05) is 38.5 Å². The van der Waals surface area contributed by atoms with Crippen LogP contribution >= 0.6 is 0 Å². The topological polar surface area (TPSA) is 41.9 Å². The molecule has 0 N–H and O–H groups in total. The van der Waals surface area contributed by atoms with Crippen molar-refractivity contribution in [1.82, 2.24) is 0 Å². The third-order valence-electron chi connectivity index (χ3n) is 5.36. The molecule has 1 aliphatic carbocycles. The molecule has 0 saturated carbocycles. The summed E-state index contributed by atoms with van der Waals surface area (Å²) in [6.07, 6.45) is 7.32. The highest BCUT2D eigenvalue weighted by molar-refractivity contribution is 5.97. The number of fused-ring (bicyclic) bond motifs is 3. The van der Waals surface area contributed by atoms with Crippen LogP contribution in [0.2, 0.25) is 0 Å². The summed E-state index contributed by atoms with van der Waals surface area (Å²) in [5.41, 5.74) is 7.33. The molecule has 2 aromatic rings. The van der Waals surface area contributed by atoms with Gasteiger partial charge in [0.25, 0.3) is 0 Å². The van der Waals surface area contributed by atoms with E-state index in [1.807, 2.05) is 18.2 Å². The lowest BCUT2D eigenvalue weighted by molar-refractivity contribution is -0.141. The molecule has 0 aromatic heterocycles. The average Bonchev–Trinajstić information content (AvgIpc) is 3.03. The minimum absolute atomic E-state index is 0.113. The van der Waals surface area contributed by atoms with Crippen LogP contribution < -0.4 is 4.90 Å². The molecule has 138 valence electrons. The Balaban J connectivity index is 1.77. The Morgan fingerprint density at radius 2 is 2.04 bits per heavy atom. The number of carbonyl (C=O) groups excluding carboxylic acids is 1. The number of oxime groups is 1. The van der Waals surface area contributed by atoms with Gasteiger partial charge in [-0.15, -0.1) is 0 Å².